The van der Waals surface area contributed by atoms with Crippen LogP contribution in [0.2, 0.25) is 0 Å². The molecule has 0 atom stereocenters. The van der Waals surface area contributed by atoms with Gasteiger partial charge >= 0.3 is 0 Å². The van der Waals surface area contributed by atoms with Gasteiger partial charge in [-0.3, -0.25) is 4.79 Å². The summed E-state index contributed by atoms with van der Waals surface area (Å²) in [6.45, 7) is 0.609. The van der Waals surface area contributed by atoms with Crippen molar-refractivity contribution >= 4 is 6.29 Å². The average molecular weight is 178 g/mol. The van der Waals surface area contributed by atoms with Gasteiger partial charge in [-0.1, -0.05) is 0 Å². The fraction of sp³-hybridized carbons (Fsp3) is 0.300. The van der Waals surface area contributed by atoms with Gasteiger partial charge in [-0.2, -0.15) is 0 Å². The minimum Gasteiger partial charge on any atom is -0.493 e. The summed E-state index contributed by atoms with van der Waals surface area (Å²) in [7, 11) is 0. The smallest absolute Gasteiger partial charge is 0.150 e. The molecule has 1 aromatic rings. The van der Waals surface area contributed by atoms with Gasteiger partial charge in [0, 0.05) is 17.5 Å². The summed E-state index contributed by atoms with van der Waals surface area (Å²) in [5, 5.41) is 9.05. The maximum atomic E-state index is 10.5. The minimum atomic E-state index is -0.0344. The van der Waals surface area contributed by atoms with E-state index in [9.17, 15) is 4.79 Å². The lowest BCUT2D eigenvalue weighted by Crippen LogP contribution is -1.93. The molecule has 0 aliphatic carbocycles. The third-order valence-corrected chi connectivity index (χ3v) is 2.24. The SMILES string of the molecule is O=Cc1cc(CO)c2c(c1)OCC2. The normalized spacial score (nSPS) is 13.6. The first-order valence-electron chi connectivity index (χ1n) is 4.20. The number of aliphatic hydroxyl groups excluding tert-OH is 1. The molecule has 68 valence electrons. The van der Waals surface area contributed by atoms with Gasteiger partial charge in [0.25, 0.3) is 0 Å². The number of hydrogen-bond acceptors (Lipinski definition) is 3. The molecule has 3 heteroatoms. The van der Waals surface area contributed by atoms with E-state index >= 15 is 0 Å². The van der Waals surface area contributed by atoms with Gasteiger partial charge in [0.15, 0.2) is 0 Å². The molecule has 0 radical (unpaired) electrons. The Hall–Kier alpha value is -1.35. The first-order chi connectivity index (χ1) is 6.35. The highest BCUT2D eigenvalue weighted by Crippen LogP contribution is 2.29. The Morgan fingerprint density at radius 2 is 2.38 bits per heavy atom. The van der Waals surface area contributed by atoms with E-state index in [1.165, 1.54) is 0 Å². The number of rotatable bonds is 2. The van der Waals surface area contributed by atoms with Crippen LogP contribution in [0.4, 0.5) is 0 Å². The van der Waals surface area contributed by atoms with Crippen LogP contribution in [0.15, 0.2) is 12.1 Å². The van der Waals surface area contributed by atoms with E-state index in [1.54, 1.807) is 12.1 Å². The van der Waals surface area contributed by atoms with Crippen molar-refractivity contribution in [2.75, 3.05) is 6.61 Å². The maximum absolute atomic E-state index is 10.5. The Bertz CT molecular complexity index is 344. The average Bonchev–Trinajstić information content (AvgIpc) is 2.63. The number of hydrogen-bond donors (Lipinski definition) is 1. The molecule has 1 aromatic carbocycles. The molecule has 1 aliphatic heterocycles. The topological polar surface area (TPSA) is 46.5 Å². The number of carbonyl (C=O) groups excluding carboxylic acids is 1. The zero-order valence-corrected chi connectivity index (χ0v) is 7.12. The van der Waals surface area contributed by atoms with E-state index in [2.05, 4.69) is 0 Å². The van der Waals surface area contributed by atoms with Gasteiger partial charge in [-0.25, -0.2) is 0 Å². The van der Waals surface area contributed by atoms with Crippen molar-refractivity contribution in [1.29, 1.82) is 0 Å². The Kier molecular flexibility index (Phi) is 2.02. The van der Waals surface area contributed by atoms with Crippen LogP contribution in [0.3, 0.4) is 0 Å². The molecule has 0 saturated heterocycles. The van der Waals surface area contributed by atoms with Crippen LogP contribution in [0.25, 0.3) is 0 Å². The summed E-state index contributed by atoms with van der Waals surface area (Å²) in [6, 6.07) is 3.43. The van der Waals surface area contributed by atoms with Crippen molar-refractivity contribution in [3.63, 3.8) is 0 Å². The third-order valence-electron chi connectivity index (χ3n) is 2.24. The molecule has 0 spiro atoms. The summed E-state index contributed by atoms with van der Waals surface area (Å²) >= 11 is 0. The second-order valence-corrected chi connectivity index (χ2v) is 3.03. The highest BCUT2D eigenvalue weighted by molar-refractivity contribution is 5.77. The van der Waals surface area contributed by atoms with Crippen molar-refractivity contribution in [2.24, 2.45) is 0 Å². The van der Waals surface area contributed by atoms with Gasteiger partial charge in [0.05, 0.1) is 13.2 Å². The van der Waals surface area contributed by atoms with Gasteiger partial charge in [-0.05, 0) is 17.7 Å². The van der Waals surface area contributed by atoms with Crippen molar-refractivity contribution in [2.45, 2.75) is 13.0 Å². The van der Waals surface area contributed by atoms with E-state index in [0.717, 1.165) is 29.6 Å². The number of fused-ring (bicyclic) bond motifs is 1. The molecule has 0 aromatic heterocycles. The molecule has 0 fully saturated rings. The quantitative estimate of drug-likeness (QED) is 0.685. The summed E-state index contributed by atoms with van der Waals surface area (Å²) < 4.78 is 5.31. The molecule has 0 amide bonds. The molecule has 3 nitrogen and oxygen atoms in total. The van der Waals surface area contributed by atoms with Gasteiger partial charge in [0.2, 0.25) is 0 Å². The highest BCUT2D eigenvalue weighted by atomic mass is 16.5. The Morgan fingerprint density at radius 1 is 1.54 bits per heavy atom. The lowest BCUT2D eigenvalue weighted by atomic mass is 10.0. The van der Waals surface area contributed by atoms with Crippen molar-refractivity contribution in [1.82, 2.24) is 0 Å². The number of ether oxygens (including phenoxy) is 1. The predicted molar refractivity (Wildman–Crippen MR) is 47.0 cm³/mol. The van der Waals surface area contributed by atoms with Crippen LogP contribution in [0, 0.1) is 0 Å². The fourth-order valence-corrected chi connectivity index (χ4v) is 1.61. The number of carbonyl (C=O) groups is 1. The van der Waals surface area contributed by atoms with E-state index < -0.39 is 0 Å². The molecule has 2 rings (SSSR count). The maximum Gasteiger partial charge on any atom is 0.150 e. The van der Waals surface area contributed by atoms with Gasteiger partial charge < -0.3 is 9.84 Å². The van der Waals surface area contributed by atoms with E-state index in [1.807, 2.05) is 0 Å². The summed E-state index contributed by atoms with van der Waals surface area (Å²) in [6.07, 6.45) is 1.59. The zero-order chi connectivity index (χ0) is 9.26. The first-order valence-corrected chi connectivity index (χ1v) is 4.20. The summed E-state index contributed by atoms with van der Waals surface area (Å²) in [4.78, 5) is 10.5. The molecule has 1 N–H and O–H groups in total. The third kappa shape index (κ3) is 1.31. The second kappa shape index (κ2) is 3.18. The standard InChI is InChI=1S/C10H10O3/c11-5-7-3-8(6-12)9-1-2-13-10(9)4-7/h3-5,12H,1-2,6H2. The monoisotopic (exact) mass is 178 g/mol. The Labute approximate surface area is 76.0 Å². The van der Waals surface area contributed by atoms with Gasteiger partial charge in [0.1, 0.15) is 12.0 Å². The zero-order valence-electron chi connectivity index (χ0n) is 7.12. The Balaban J connectivity index is 2.55. The van der Waals surface area contributed by atoms with Crippen molar-refractivity contribution in [3.05, 3.63) is 28.8 Å². The number of aldehydes is 1. The molecular weight excluding hydrogens is 168 g/mol. The second-order valence-electron chi connectivity index (χ2n) is 3.03. The Morgan fingerprint density at radius 3 is 3.08 bits per heavy atom. The number of aliphatic hydroxyl groups is 1. The molecule has 0 unspecified atom stereocenters. The van der Waals surface area contributed by atoms with Crippen LogP contribution in [0.1, 0.15) is 21.5 Å². The van der Waals surface area contributed by atoms with E-state index in [-0.39, 0.29) is 6.61 Å². The molecule has 13 heavy (non-hydrogen) atoms. The van der Waals surface area contributed by atoms with Crippen LogP contribution in [-0.4, -0.2) is 18.0 Å². The largest absolute Gasteiger partial charge is 0.493 e. The lowest BCUT2D eigenvalue weighted by molar-refractivity contribution is 0.112. The highest BCUT2D eigenvalue weighted by Gasteiger charge is 2.16. The summed E-state index contributed by atoms with van der Waals surface area (Å²) in [5.74, 6) is 0.744. The molecule has 1 aliphatic rings. The van der Waals surface area contributed by atoms with Crippen LogP contribution < -0.4 is 4.74 Å². The van der Waals surface area contributed by atoms with Crippen LogP contribution in [-0.2, 0) is 13.0 Å². The van der Waals surface area contributed by atoms with Crippen molar-refractivity contribution < 1.29 is 14.6 Å². The van der Waals surface area contributed by atoms with Crippen molar-refractivity contribution in [3.8, 4) is 5.75 Å². The molecule has 0 bridgehead atoms. The first kappa shape index (κ1) is 8.26. The minimum absolute atomic E-state index is 0.0344. The summed E-state index contributed by atoms with van der Waals surface area (Å²) in [5.41, 5.74) is 2.40. The van der Waals surface area contributed by atoms with E-state index in [4.69, 9.17) is 9.84 Å². The molecular formula is C10H10O3. The molecule has 0 saturated carbocycles. The lowest BCUT2D eigenvalue weighted by Gasteiger charge is -2.04. The van der Waals surface area contributed by atoms with Crippen LogP contribution >= 0.6 is 0 Å². The molecule has 1 heterocycles. The van der Waals surface area contributed by atoms with Gasteiger partial charge in [-0.15, -0.1) is 0 Å². The predicted octanol–water partition coefficient (Wildman–Crippen LogP) is 0.926. The fourth-order valence-electron chi connectivity index (χ4n) is 1.61. The number of benzene rings is 1. The van der Waals surface area contributed by atoms with E-state index in [0.29, 0.717) is 12.2 Å². The van der Waals surface area contributed by atoms with Crippen LogP contribution in [0.5, 0.6) is 5.75 Å².